The first-order chi connectivity index (χ1) is 12.2. The van der Waals surface area contributed by atoms with Crippen molar-refractivity contribution < 1.29 is 9.53 Å². The van der Waals surface area contributed by atoms with Crippen LogP contribution in [0.15, 0.2) is 82.8 Å². The highest BCUT2D eigenvalue weighted by Gasteiger charge is 2.07. The molecule has 0 bridgehead atoms. The Hall–Kier alpha value is -2.63. The third-order valence-electron chi connectivity index (χ3n) is 3.47. The molecule has 2 aromatic carbocycles. The SMILES string of the molecule is COCc1cccc(NC(=O)c2ccc(Sc3ccccn3)cc2)c1. The maximum atomic E-state index is 12.4. The first kappa shape index (κ1) is 17.2. The molecule has 0 radical (unpaired) electrons. The summed E-state index contributed by atoms with van der Waals surface area (Å²) in [6.07, 6.45) is 1.77. The Labute approximate surface area is 151 Å². The Balaban J connectivity index is 1.65. The molecule has 1 heterocycles. The fraction of sp³-hybridized carbons (Fsp3) is 0.100. The number of pyridine rings is 1. The van der Waals surface area contributed by atoms with Gasteiger partial charge in [-0.25, -0.2) is 4.98 Å². The smallest absolute Gasteiger partial charge is 0.255 e. The number of amides is 1. The fourth-order valence-corrected chi connectivity index (χ4v) is 3.09. The summed E-state index contributed by atoms with van der Waals surface area (Å²) in [5.74, 6) is -0.135. The normalized spacial score (nSPS) is 10.4. The molecule has 0 saturated heterocycles. The molecule has 0 aliphatic rings. The van der Waals surface area contributed by atoms with Crippen LogP contribution in [0.4, 0.5) is 5.69 Å². The van der Waals surface area contributed by atoms with Crippen molar-refractivity contribution >= 4 is 23.4 Å². The maximum Gasteiger partial charge on any atom is 0.255 e. The highest BCUT2D eigenvalue weighted by atomic mass is 32.2. The van der Waals surface area contributed by atoms with Crippen LogP contribution in [0.3, 0.4) is 0 Å². The van der Waals surface area contributed by atoms with Gasteiger partial charge in [0.25, 0.3) is 5.91 Å². The third kappa shape index (κ3) is 4.92. The Morgan fingerprint density at radius 1 is 1.08 bits per heavy atom. The van der Waals surface area contributed by atoms with Gasteiger partial charge in [0.05, 0.1) is 6.61 Å². The minimum absolute atomic E-state index is 0.135. The molecule has 0 spiro atoms. The Kier molecular flexibility index (Phi) is 5.82. The molecule has 25 heavy (non-hydrogen) atoms. The number of nitrogens with one attached hydrogen (secondary N) is 1. The fourth-order valence-electron chi connectivity index (χ4n) is 2.31. The zero-order chi connectivity index (χ0) is 17.5. The number of methoxy groups -OCH3 is 1. The van der Waals surface area contributed by atoms with E-state index in [-0.39, 0.29) is 5.91 Å². The summed E-state index contributed by atoms with van der Waals surface area (Å²) in [6, 6.07) is 20.9. The van der Waals surface area contributed by atoms with Gasteiger partial charge < -0.3 is 10.1 Å². The van der Waals surface area contributed by atoms with E-state index in [1.54, 1.807) is 25.1 Å². The van der Waals surface area contributed by atoms with E-state index < -0.39 is 0 Å². The van der Waals surface area contributed by atoms with Crippen LogP contribution in [0, 0.1) is 0 Å². The van der Waals surface area contributed by atoms with E-state index >= 15 is 0 Å². The number of carbonyl (C=O) groups excluding carboxylic acids is 1. The summed E-state index contributed by atoms with van der Waals surface area (Å²) in [5, 5.41) is 3.84. The van der Waals surface area contributed by atoms with Crippen LogP contribution in [0.25, 0.3) is 0 Å². The van der Waals surface area contributed by atoms with Crippen LogP contribution < -0.4 is 5.32 Å². The molecule has 4 nitrogen and oxygen atoms in total. The average Bonchev–Trinajstić information content (AvgIpc) is 2.64. The van der Waals surface area contributed by atoms with Crippen molar-refractivity contribution in [3.05, 3.63) is 84.1 Å². The average molecular weight is 350 g/mol. The predicted octanol–water partition coefficient (Wildman–Crippen LogP) is 4.63. The lowest BCUT2D eigenvalue weighted by Gasteiger charge is -2.08. The number of anilines is 1. The number of rotatable bonds is 6. The second-order valence-corrected chi connectivity index (χ2v) is 6.48. The minimum Gasteiger partial charge on any atom is -0.380 e. The minimum atomic E-state index is -0.135. The molecule has 3 aromatic rings. The molecule has 5 heteroatoms. The first-order valence-corrected chi connectivity index (χ1v) is 8.64. The molecule has 3 rings (SSSR count). The summed E-state index contributed by atoms with van der Waals surface area (Å²) < 4.78 is 5.11. The van der Waals surface area contributed by atoms with Crippen molar-refractivity contribution in [3.63, 3.8) is 0 Å². The molecule has 0 saturated carbocycles. The van der Waals surface area contributed by atoms with Crippen LogP contribution >= 0.6 is 11.8 Å². The molecule has 1 N–H and O–H groups in total. The van der Waals surface area contributed by atoms with E-state index in [1.807, 2.05) is 66.7 Å². The molecule has 1 aromatic heterocycles. The lowest BCUT2D eigenvalue weighted by molar-refractivity contribution is 0.102. The van der Waals surface area contributed by atoms with Gasteiger partial charge in [-0.05, 0) is 54.1 Å². The number of hydrogen-bond acceptors (Lipinski definition) is 4. The van der Waals surface area contributed by atoms with Crippen LogP contribution in [-0.4, -0.2) is 18.0 Å². The third-order valence-corrected chi connectivity index (χ3v) is 4.43. The number of hydrogen-bond donors (Lipinski definition) is 1. The topological polar surface area (TPSA) is 51.2 Å². The van der Waals surface area contributed by atoms with E-state index in [0.29, 0.717) is 12.2 Å². The van der Waals surface area contributed by atoms with Crippen LogP contribution in [0.1, 0.15) is 15.9 Å². The van der Waals surface area contributed by atoms with Crippen LogP contribution in [-0.2, 0) is 11.3 Å². The van der Waals surface area contributed by atoms with Crippen molar-refractivity contribution in [2.45, 2.75) is 16.5 Å². The van der Waals surface area contributed by atoms with Gasteiger partial charge in [-0.1, -0.05) is 30.0 Å². The van der Waals surface area contributed by atoms with Gasteiger partial charge in [0.2, 0.25) is 0 Å². The van der Waals surface area contributed by atoms with Gasteiger partial charge in [0.1, 0.15) is 5.03 Å². The molecular formula is C20H18N2O2S. The Morgan fingerprint density at radius 2 is 1.92 bits per heavy atom. The zero-order valence-corrected chi connectivity index (χ0v) is 14.6. The second kappa shape index (κ2) is 8.46. The molecule has 0 atom stereocenters. The summed E-state index contributed by atoms with van der Waals surface area (Å²) in [7, 11) is 1.65. The van der Waals surface area contributed by atoms with Gasteiger partial charge in [0.15, 0.2) is 0 Å². The molecule has 126 valence electrons. The van der Waals surface area contributed by atoms with E-state index in [1.165, 1.54) is 0 Å². The van der Waals surface area contributed by atoms with Gasteiger partial charge in [-0.3, -0.25) is 4.79 Å². The number of nitrogens with zero attached hydrogens (tertiary/aromatic N) is 1. The van der Waals surface area contributed by atoms with Gasteiger partial charge >= 0.3 is 0 Å². The van der Waals surface area contributed by atoms with Crippen molar-refractivity contribution in [1.29, 1.82) is 0 Å². The summed E-state index contributed by atoms with van der Waals surface area (Å²) >= 11 is 1.56. The second-order valence-electron chi connectivity index (χ2n) is 5.38. The van der Waals surface area contributed by atoms with E-state index in [4.69, 9.17) is 4.74 Å². The van der Waals surface area contributed by atoms with Crippen molar-refractivity contribution in [2.75, 3.05) is 12.4 Å². The quantitative estimate of drug-likeness (QED) is 0.704. The molecular weight excluding hydrogens is 332 g/mol. The van der Waals surface area contributed by atoms with Crippen LogP contribution in [0.2, 0.25) is 0 Å². The Bertz CT molecular complexity index is 836. The van der Waals surface area contributed by atoms with Gasteiger partial charge in [-0.15, -0.1) is 0 Å². The lowest BCUT2D eigenvalue weighted by Crippen LogP contribution is -2.11. The van der Waals surface area contributed by atoms with Crippen LogP contribution in [0.5, 0.6) is 0 Å². The highest BCUT2D eigenvalue weighted by molar-refractivity contribution is 7.99. The van der Waals surface area contributed by atoms with Crippen molar-refractivity contribution in [2.24, 2.45) is 0 Å². The lowest BCUT2D eigenvalue weighted by atomic mass is 10.2. The zero-order valence-electron chi connectivity index (χ0n) is 13.8. The summed E-state index contributed by atoms with van der Waals surface area (Å²) in [5.41, 5.74) is 2.39. The van der Waals surface area contributed by atoms with Gasteiger partial charge in [-0.2, -0.15) is 0 Å². The van der Waals surface area contributed by atoms with Crippen molar-refractivity contribution in [3.8, 4) is 0 Å². The van der Waals surface area contributed by atoms with Gasteiger partial charge in [0, 0.05) is 29.5 Å². The van der Waals surface area contributed by atoms with E-state index in [0.717, 1.165) is 21.2 Å². The molecule has 1 amide bonds. The first-order valence-electron chi connectivity index (χ1n) is 7.83. The predicted molar refractivity (Wildman–Crippen MR) is 99.9 cm³/mol. The number of ether oxygens (including phenoxy) is 1. The van der Waals surface area contributed by atoms with E-state index in [9.17, 15) is 4.79 Å². The maximum absolute atomic E-state index is 12.4. The van der Waals surface area contributed by atoms with E-state index in [2.05, 4.69) is 10.3 Å². The number of carbonyl (C=O) groups is 1. The van der Waals surface area contributed by atoms with Crippen molar-refractivity contribution in [1.82, 2.24) is 4.98 Å². The monoisotopic (exact) mass is 350 g/mol. The standard InChI is InChI=1S/C20H18N2O2S/c1-24-14-15-5-4-6-17(13-15)22-20(23)16-8-10-18(11-9-16)25-19-7-2-3-12-21-19/h2-13H,14H2,1H3,(H,22,23). The highest BCUT2D eigenvalue weighted by Crippen LogP contribution is 2.25. The summed E-state index contributed by atoms with van der Waals surface area (Å²) in [6.45, 7) is 0.517. The Morgan fingerprint density at radius 3 is 2.64 bits per heavy atom. The number of aromatic nitrogens is 1. The molecule has 0 aliphatic carbocycles. The molecule has 0 unspecified atom stereocenters. The number of benzene rings is 2. The summed E-state index contributed by atoms with van der Waals surface area (Å²) in [4.78, 5) is 17.7. The molecule has 0 fully saturated rings. The molecule has 0 aliphatic heterocycles. The largest absolute Gasteiger partial charge is 0.380 e.